The predicted molar refractivity (Wildman–Crippen MR) is 91.5 cm³/mol. The van der Waals surface area contributed by atoms with E-state index >= 15 is 0 Å². The molecule has 6 nitrogen and oxygen atoms in total. The van der Waals surface area contributed by atoms with E-state index in [2.05, 4.69) is 15.2 Å². The van der Waals surface area contributed by atoms with E-state index in [0.717, 1.165) is 38.2 Å². The van der Waals surface area contributed by atoms with Gasteiger partial charge >= 0.3 is 0 Å². The molecule has 2 fully saturated rings. The molecule has 0 spiro atoms. The number of rotatable bonds is 5. The molecule has 6 heteroatoms. The summed E-state index contributed by atoms with van der Waals surface area (Å²) in [4.78, 5) is 19.0. The van der Waals surface area contributed by atoms with Gasteiger partial charge in [-0.3, -0.25) is 14.7 Å². The fraction of sp³-hybridized carbons (Fsp3) is 0.474. The summed E-state index contributed by atoms with van der Waals surface area (Å²) in [6, 6.07) is 7.69. The Bertz CT molecular complexity index is 689. The summed E-state index contributed by atoms with van der Waals surface area (Å²) in [5.41, 5.74) is 2.04. The molecule has 25 heavy (non-hydrogen) atoms. The van der Waals surface area contributed by atoms with Gasteiger partial charge in [-0.25, -0.2) is 0 Å². The predicted octanol–water partition coefficient (Wildman–Crippen LogP) is 1.97. The van der Waals surface area contributed by atoms with Gasteiger partial charge in [0.15, 0.2) is 0 Å². The van der Waals surface area contributed by atoms with Gasteiger partial charge in [0.25, 0.3) is 0 Å². The van der Waals surface area contributed by atoms with Crippen LogP contribution in [0.3, 0.4) is 0 Å². The third kappa shape index (κ3) is 3.91. The minimum Gasteiger partial charge on any atom is -0.472 e. The van der Waals surface area contributed by atoms with E-state index in [-0.39, 0.29) is 18.1 Å². The van der Waals surface area contributed by atoms with Crippen LogP contribution in [0.15, 0.2) is 47.4 Å². The highest BCUT2D eigenvalue weighted by atomic mass is 16.5. The van der Waals surface area contributed by atoms with E-state index in [4.69, 9.17) is 9.15 Å². The Hall–Kier alpha value is -2.18. The van der Waals surface area contributed by atoms with Gasteiger partial charge in [0.05, 0.1) is 30.9 Å². The summed E-state index contributed by atoms with van der Waals surface area (Å²) >= 11 is 0. The van der Waals surface area contributed by atoms with Crippen molar-refractivity contribution < 1.29 is 13.9 Å². The van der Waals surface area contributed by atoms with Crippen molar-refractivity contribution in [2.75, 3.05) is 13.1 Å². The molecule has 2 aromatic heterocycles. The van der Waals surface area contributed by atoms with E-state index in [1.807, 2.05) is 24.3 Å². The third-order valence-electron chi connectivity index (χ3n) is 5.08. The van der Waals surface area contributed by atoms with Crippen molar-refractivity contribution in [2.24, 2.45) is 5.92 Å². The van der Waals surface area contributed by atoms with Crippen LogP contribution >= 0.6 is 0 Å². The number of nitrogens with zero attached hydrogens (tertiary/aromatic N) is 2. The van der Waals surface area contributed by atoms with Crippen LogP contribution in [0.4, 0.5) is 0 Å². The zero-order valence-electron chi connectivity index (χ0n) is 14.1. The molecule has 2 aromatic rings. The Morgan fingerprint density at radius 2 is 2.32 bits per heavy atom. The molecular weight excluding hydrogens is 318 g/mol. The molecular formula is C19H23N3O3. The van der Waals surface area contributed by atoms with Gasteiger partial charge in [-0.05, 0) is 43.5 Å². The molecule has 3 atom stereocenters. The van der Waals surface area contributed by atoms with Crippen molar-refractivity contribution in [3.8, 4) is 0 Å². The van der Waals surface area contributed by atoms with Crippen molar-refractivity contribution >= 4 is 5.91 Å². The Labute approximate surface area is 147 Å². The molecule has 0 aliphatic carbocycles. The Morgan fingerprint density at radius 1 is 1.36 bits per heavy atom. The normalized spacial score (nSPS) is 26.3. The lowest BCUT2D eigenvalue weighted by Gasteiger charge is -2.33. The van der Waals surface area contributed by atoms with E-state index in [1.165, 1.54) is 5.56 Å². The molecule has 1 N–H and O–H groups in total. The lowest BCUT2D eigenvalue weighted by molar-refractivity contribution is -0.133. The Kier molecular flexibility index (Phi) is 4.81. The van der Waals surface area contributed by atoms with E-state index in [1.54, 1.807) is 18.7 Å². The summed E-state index contributed by atoms with van der Waals surface area (Å²) in [7, 11) is 0. The number of piperidine rings is 1. The van der Waals surface area contributed by atoms with Crippen LogP contribution in [0, 0.1) is 5.92 Å². The lowest BCUT2D eigenvalue weighted by atomic mass is 9.91. The highest BCUT2D eigenvalue weighted by Crippen LogP contribution is 2.33. The molecule has 0 aromatic carbocycles. The highest BCUT2D eigenvalue weighted by Gasteiger charge is 2.41. The van der Waals surface area contributed by atoms with Crippen molar-refractivity contribution in [3.63, 3.8) is 0 Å². The Morgan fingerprint density at radius 3 is 3.12 bits per heavy atom. The molecule has 132 valence electrons. The molecule has 0 bridgehead atoms. The van der Waals surface area contributed by atoms with Crippen molar-refractivity contribution in [1.82, 2.24) is 15.2 Å². The molecule has 2 aliphatic heterocycles. The molecule has 2 saturated heterocycles. The average molecular weight is 341 g/mol. The van der Waals surface area contributed by atoms with Crippen molar-refractivity contribution in [3.05, 3.63) is 54.2 Å². The second-order valence-electron chi connectivity index (χ2n) is 6.85. The molecule has 2 aliphatic rings. The number of aromatic nitrogens is 1. The first-order chi connectivity index (χ1) is 12.3. The second kappa shape index (κ2) is 7.37. The number of hydrogen-bond donors (Lipinski definition) is 1. The van der Waals surface area contributed by atoms with Gasteiger partial charge in [0.1, 0.15) is 6.10 Å². The number of furan rings is 1. The maximum absolute atomic E-state index is 12.4. The van der Waals surface area contributed by atoms with Gasteiger partial charge in [-0.15, -0.1) is 0 Å². The van der Waals surface area contributed by atoms with Crippen LogP contribution in [0.5, 0.6) is 0 Å². The Balaban J connectivity index is 1.28. The molecule has 0 radical (unpaired) electrons. The molecule has 4 heterocycles. The number of carbonyl (C=O) groups is 1. The maximum atomic E-state index is 12.4. The zero-order valence-corrected chi connectivity index (χ0v) is 14.1. The van der Waals surface area contributed by atoms with E-state index < -0.39 is 0 Å². The highest BCUT2D eigenvalue weighted by molar-refractivity contribution is 5.81. The monoisotopic (exact) mass is 341 g/mol. The van der Waals surface area contributed by atoms with Crippen LogP contribution < -0.4 is 5.32 Å². The lowest BCUT2D eigenvalue weighted by Crippen LogP contribution is -2.42. The number of amides is 1. The molecule has 0 unspecified atom stereocenters. The van der Waals surface area contributed by atoms with Crippen molar-refractivity contribution in [2.45, 2.75) is 38.1 Å². The first-order valence-electron chi connectivity index (χ1n) is 8.84. The van der Waals surface area contributed by atoms with Crippen LogP contribution in [0.2, 0.25) is 0 Å². The number of carbonyl (C=O) groups excluding carboxylic acids is 1. The van der Waals surface area contributed by atoms with Gasteiger partial charge < -0.3 is 14.5 Å². The average Bonchev–Trinajstić information content (AvgIpc) is 3.30. The first-order valence-corrected chi connectivity index (χ1v) is 8.84. The fourth-order valence-electron chi connectivity index (χ4n) is 3.74. The molecule has 0 saturated carbocycles. The fourth-order valence-corrected chi connectivity index (χ4v) is 3.74. The maximum Gasteiger partial charge on any atom is 0.249 e. The molecule has 1 amide bonds. The first kappa shape index (κ1) is 16.3. The number of hydrogen-bond acceptors (Lipinski definition) is 5. The second-order valence-corrected chi connectivity index (χ2v) is 6.85. The smallest absolute Gasteiger partial charge is 0.249 e. The number of pyridine rings is 1. The van der Waals surface area contributed by atoms with Gasteiger partial charge in [-0.2, -0.15) is 0 Å². The standard InChI is InChI=1S/C19H23N3O3/c23-19(21-10-16-3-1-2-6-20-16)17-9-15-4-7-22(12-18(15)25-17)11-14-5-8-24-13-14/h1-3,5-6,8,13,15,17-18H,4,7,9-12H2,(H,21,23)/t15-,17-,18-/m0/s1. The van der Waals surface area contributed by atoms with Gasteiger partial charge in [0, 0.05) is 24.8 Å². The quantitative estimate of drug-likeness (QED) is 0.901. The summed E-state index contributed by atoms with van der Waals surface area (Å²) in [6.07, 6.45) is 6.92. The summed E-state index contributed by atoms with van der Waals surface area (Å²) in [5, 5.41) is 2.95. The summed E-state index contributed by atoms with van der Waals surface area (Å²) in [6.45, 7) is 3.24. The van der Waals surface area contributed by atoms with E-state index in [0.29, 0.717) is 12.5 Å². The SMILES string of the molecule is O=C(NCc1ccccn1)[C@@H]1C[C@@H]2CCN(Cc3ccoc3)C[C@@H]2O1. The summed E-state index contributed by atoms with van der Waals surface area (Å²) < 4.78 is 11.2. The zero-order chi connectivity index (χ0) is 17.1. The van der Waals surface area contributed by atoms with Crippen LogP contribution in [0.25, 0.3) is 0 Å². The minimum absolute atomic E-state index is 0.0264. The van der Waals surface area contributed by atoms with E-state index in [9.17, 15) is 4.79 Å². The molecule has 4 rings (SSSR count). The largest absolute Gasteiger partial charge is 0.472 e. The van der Waals surface area contributed by atoms with Crippen LogP contribution in [-0.4, -0.2) is 41.1 Å². The topological polar surface area (TPSA) is 67.6 Å². The number of nitrogens with one attached hydrogen (secondary N) is 1. The van der Waals surface area contributed by atoms with Crippen molar-refractivity contribution in [1.29, 1.82) is 0 Å². The minimum atomic E-state index is -0.340. The third-order valence-corrected chi connectivity index (χ3v) is 5.08. The number of fused-ring (bicyclic) bond motifs is 1. The van der Waals surface area contributed by atoms with Gasteiger partial charge in [0.2, 0.25) is 5.91 Å². The van der Waals surface area contributed by atoms with Gasteiger partial charge in [-0.1, -0.05) is 6.07 Å². The summed E-state index contributed by atoms with van der Waals surface area (Å²) in [5.74, 6) is 0.452. The van der Waals surface area contributed by atoms with Crippen LogP contribution in [0.1, 0.15) is 24.1 Å². The number of likely N-dealkylation sites (tertiary alicyclic amines) is 1. The van der Waals surface area contributed by atoms with Crippen LogP contribution in [-0.2, 0) is 22.6 Å². The number of ether oxygens (including phenoxy) is 1.